The van der Waals surface area contributed by atoms with E-state index >= 15 is 0 Å². The van der Waals surface area contributed by atoms with Crippen LogP contribution >= 0.6 is 0 Å². The molecular formula is C23H23FN4. The molecule has 0 unspecified atom stereocenters. The third-order valence-electron chi connectivity index (χ3n) is 5.73. The van der Waals surface area contributed by atoms with Crippen LogP contribution in [-0.2, 0) is 13.0 Å². The Kier molecular flexibility index (Phi) is 4.45. The molecule has 1 N–H and O–H groups in total. The predicted octanol–water partition coefficient (Wildman–Crippen LogP) is 4.54. The Morgan fingerprint density at radius 2 is 1.89 bits per heavy atom. The van der Waals surface area contributed by atoms with Crippen molar-refractivity contribution in [2.75, 3.05) is 13.1 Å². The van der Waals surface area contributed by atoms with E-state index in [4.69, 9.17) is 0 Å². The predicted molar refractivity (Wildman–Crippen MR) is 109 cm³/mol. The van der Waals surface area contributed by atoms with Gasteiger partial charge in [-0.2, -0.15) is 5.10 Å². The molecule has 5 rings (SSSR count). The standard InChI is InChI=1S/C23H23FN4/c24-20-9-3-1-8-19(20)23-22-18(17-7-2-4-10-21(17)26-22)11-16-27(23)13-6-15-28-14-5-12-25-28/h1-5,7-10,12,14,23,26H,6,11,13,15-16H2/t23-/m0/s1. The summed E-state index contributed by atoms with van der Waals surface area (Å²) in [6.07, 6.45) is 5.74. The Balaban J connectivity index is 1.51. The number of fused-ring (bicyclic) bond motifs is 3. The molecule has 3 heterocycles. The number of para-hydroxylation sites is 1. The first-order chi connectivity index (χ1) is 13.8. The average molecular weight is 374 g/mol. The van der Waals surface area contributed by atoms with Gasteiger partial charge in [0.1, 0.15) is 5.82 Å². The zero-order valence-corrected chi connectivity index (χ0v) is 15.7. The topological polar surface area (TPSA) is 36.9 Å². The van der Waals surface area contributed by atoms with E-state index in [0.717, 1.165) is 49.2 Å². The second-order valence-corrected chi connectivity index (χ2v) is 7.40. The van der Waals surface area contributed by atoms with Crippen molar-refractivity contribution in [3.8, 4) is 0 Å². The zero-order valence-electron chi connectivity index (χ0n) is 15.7. The van der Waals surface area contributed by atoms with E-state index in [1.54, 1.807) is 18.3 Å². The number of aromatic amines is 1. The SMILES string of the molecule is Fc1ccccc1[C@H]1c2[nH]c3ccccc3c2CCN1CCCn1cccn1. The molecule has 4 aromatic rings. The minimum atomic E-state index is -0.143. The molecule has 2 aromatic carbocycles. The van der Waals surface area contributed by atoms with Crippen molar-refractivity contribution < 1.29 is 4.39 Å². The highest BCUT2D eigenvalue weighted by molar-refractivity contribution is 5.85. The van der Waals surface area contributed by atoms with E-state index in [9.17, 15) is 4.39 Å². The summed E-state index contributed by atoms with van der Waals surface area (Å²) in [7, 11) is 0. The molecular weight excluding hydrogens is 351 g/mol. The van der Waals surface area contributed by atoms with Crippen LogP contribution in [0.4, 0.5) is 4.39 Å². The lowest BCUT2D eigenvalue weighted by molar-refractivity contribution is 0.200. The molecule has 1 atom stereocenters. The van der Waals surface area contributed by atoms with Crippen LogP contribution in [0, 0.1) is 5.82 Å². The van der Waals surface area contributed by atoms with E-state index in [1.165, 1.54) is 10.9 Å². The molecule has 1 aliphatic heterocycles. The largest absolute Gasteiger partial charge is 0.357 e. The van der Waals surface area contributed by atoms with Crippen LogP contribution < -0.4 is 0 Å². The van der Waals surface area contributed by atoms with Crippen molar-refractivity contribution in [1.29, 1.82) is 0 Å². The van der Waals surface area contributed by atoms with Gasteiger partial charge in [0.05, 0.1) is 6.04 Å². The third kappa shape index (κ3) is 3.02. The summed E-state index contributed by atoms with van der Waals surface area (Å²) in [5.74, 6) is -0.143. The fourth-order valence-corrected chi connectivity index (χ4v) is 4.45. The fourth-order valence-electron chi connectivity index (χ4n) is 4.45. The molecule has 0 spiro atoms. The summed E-state index contributed by atoms with van der Waals surface area (Å²) in [6, 6.07) is 17.4. The van der Waals surface area contributed by atoms with Crippen LogP contribution in [0.3, 0.4) is 0 Å². The number of rotatable bonds is 5. The summed E-state index contributed by atoms with van der Waals surface area (Å²) >= 11 is 0. The molecule has 0 amide bonds. The third-order valence-corrected chi connectivity index (χ3v) is 5.73. The van der Waals surface area contributed by atoms with Crippen LogP contribution in [0.15, 0.2) is 67.0 Å². The van der Waals surface area contributed by atoms with Gasteiger partial charge in [-0.3, -0.25) is 9.58 Å². The molecule has 28 heavy (non-hydrogen) atoms. The van der Waals surface area contributed by atoms with Crippen molar-refractivity contribution >= 4 is 10.9 Å². The van der Waals surface area contributed by atoms with Crippen molar-refractivity contribution in [1.82, 2.24) is 19.7 Å². The normalized spacial score (nSPS) is 17.1. The highest BCUT2D eigenvalue weighted by Crippen LogP contribution is 2.39. The number of nitrogens with zero attached hydrogens (tertiary/aromatic N) is 3. The molecule has 4 nitrogen and oxygen atoms in total. The van der Waals surface area contributed by atoms with Gasteiger partial charge >= 0.3 is 0 Å². The maximum Gasteiger partial charge on any atom is 0.128 e. The van der Waals surface area contributed by atoms with Gasteiger partial charge in [-0.15, -0.1) is 0 Å². The Morgan fingerprint density at radius 3 is 2.75 bits per heavy atom. The van der Waals surface area contributed by atoms with Crippen LogP contribution in [0.1, 0.15) is 29.3 Å². The van der Waals surface area contributed by atoms with Gasteiger partial charge in [-0.1, -0.05) is 36.4 Å². The van der Waals surface area contributed by atoms with Crippen LogP contribution in [0.2, 0.25) is 0 Å². The molecule has 2 aromatic heterocycles. The quantitative estimate of drug-likeness (QED) is 0.557. The lowest BCUT2D eigenvalue weighted by atomic mass is 9.92. The summed E-state index contributed by atoms with van der Waals surface area (Å²) < 4.78 is 16.7. The highest BCUT2D eigenvalue weighted by atomic mass is 19.1. The van der Waals surface area contributed by atoms with E-state index in [2.05, 4.69) is 33.2 Å². The summed E-state index contributed by atoms with van der Waals surface area (Å²) in [6.45, 7) is 2.69. The van der Waals surface area contributed by atoms with Gasteiger partial charge in [0.2, 0.25) is 0 Å². The van der Waals surface area contributed by atoms with E-state index in [-0.39, 0.29) is 11.9 Å². The van der Waals surface area contributed by atoms with Crippen LogP contribution in [0.5, 0.6) is 0 Å². The lowest BCUT2D eigenvalue weighted by Crippen LogP contribution is -2.37. The summed E-state index contributed by atoms with van der Waals surface area (Å²) in [4.78, 5) is 6.00. The minimum absolute atomic E-state index is 0.0880. The lowest BCUT2D eigenvalue weighted by Gasteiger charge is -2.36. The number of hydrogen-bond donors (Lipinski definition) is 1. The summed E-state index contributed by atoms with van der Waals surface area (Å²) in [5.41, 5.74) is 4.34. The van der Waals surface area contributed by atoms with Gasteiger partial charge in [-0.05, 0) is 36.6 Å². The number of H-pyrrole nitrogens is 1. The molecule has 0 radical (unpaired) electrons. The first-order valence-corrected chi connectivity index (χ1v) is 9.86. The van der Waals surface area contributed by atoms with Crippen molar-refractivity contribution in [2.45, 2.75) is 25.4 Å². The van der Waals surface area contributed by atoms with Crippen LogP contribution in [0.25, 0.3) is 10.9 Å². The minimum Gasteiger partial charge on any atom is -0.357 e. The van der Waals surface area contributed by atoms with Gasteiger partial charge < -0.3 is 4.98 Å². The van der Waals surface area contributed by atoms with Gasteiger partial charge in [0.15, 0.2) is 0 Å². The fraction of sp³-hybridized carbons (Fsp3) is 0.261. The number of nitrogens with one attached hydrogen (secondary N) is 1. The Morgan fingerprint density at radius 1 is 1.04 bits per heavy atom. The number of aromatic nitrogens is 3. The number of aryl methyl sites for hydroxylation is 1. The maximum absolute atomic E-state index is 14.8. The Bertz CT molecular complexity index is 1080. The van der Waals surface area contributed by atoms with E-state index in [0.29, 0.717) is 0 Å². The van der Waals surface area contributed by atoms with Gasteiger partial charge in [0, 0.05) is 54.2 Å². The van der Waals surface area contributed by atoms with Gasteiger partial charge in [-0.25, -0.2) is 4.39 Å². The molecule has 1 aliphatic rings. The second-order valence-electron chi connectivity index (χ2n) is 7.40. The number of halogens is 1. The average Bonchev–Trinajstić information content (AvgIpc) is 3.36. The summed E-state index contributed by atoms with van der Waals surface area (Å²) in [5, 5.41) is 5.55. The second kappa shape index (κ2) is 7.24. The monoisotopic (exact) mass is 374 g/mol. The molecule has 0 fully saturated rings. The Hall–Kier alpha value is -2.92. The molecule has 0 saturated carbocycles. The van der Waals surface area contributed by atoms with Gasteiger partial charge in [0.25, 0.3) is 0 Å². The molecule has 0 bridgehead atoms. The first-order valence-electron chi connectivity index (χ1n) is 9.86. The smallest absolute Gasteiger partial charge is 0.128 e. The zero-order chi connectivity index (χ0) is 18.9. The van der Waals surface area contributed by atoms with Crippen molar-refractivity contribution in [3.63, 3.8) is 0 Å². The van der Waals surface area contributed by atoms with Crippen LogP contribution in [-0.4, -0.2) is 32.8 Å². The van der Waals surface area contributed by atoms with Crippen molar-refractivity contribution in [2.24, 2.45) is 0 Å². The molecule has 0 saturated heterocycles. The molecule has 5 heteroatoms. The van der Waals surface area contributed by atoms with E-state index < -0.39 is 0 Å². The maximum atomic E-state index is 14.8. The molecule has 0 aliphatic carbocycles. The highest BCUT2D eigenvalue weighted by Gasteiger charge is 2.32. The number of hydrogen-bond acceptors (Lipinski definition) is 2. The van der Waals surface area contributed by atoms with Crippen molar-refractivity contribution in [3.05, 3.63) is 89.6 Å². The Labute approximate surface area is 163 Å². The van der Waals surface area contributed by atoms with E-state index in [1.807, 2.05) is 35.1 Å². The first kappa shape index (κ1) is 17.2. The molecule has 142 valence electrons. The number of benzene rings is 2.